The molecule has 0 aliphatic heterocycles. The van der Waals surface area contributed by atoms with Gasteiger partial charge in [0.05, 0.1) is 5.56 Å². The molecule has 0 aliphatic carbocycles. The molecular formula is C18H19ClN2O3. The van der Waals surface area contributed by atoms with Crippen molar-refractivity contribution >= 4 is 29.2 Å². The van der Waals surface area contributed by atoms with Crippen LogP contribution in [0.15, 0.2) is 24.3 Å². The number of pyridine rings is 1. The zero-order valence-corrected chi connectivity index (χ0v) is 14.8. The monoisotopic (exact) mass is 346 g/mol. The molecule has 0 bridgehead atoms. The van der Waals surface area contributed by atoms with Gasteiger partial charge in [-0.25, -0.2) is 9.78 Å². The van der Waals surface area contributed by atoms with Crippen LogP contribution in [0.3, 0.4) is 0 Å². The number of ether oxygens (including phenoxy) is 1. The van der Waals surface area contributed by atoms with Crippen LogP contribution in [-0.2, 0) is 9.53 Å². The fraction of sp³-hybridized carbons (Fsp3) is 0.278. The Kier molecular flexibility index (Phi) is 5.57. The number of halogens is 1. The summed E-state index contributed by atoms with van der Waals surface area (Å²) in [4.78, 5) is 28.2. The van der Waals surface area contributed by atoms with Crippen LogP contribution in [0.25, 0.3) is 0 Å². The van der Waals surface area contributed by atoms with Crippen molar-refractivity contribution in [1.29, 1.82) is 0 Å². The lowest BCUT2D eigenvalue weighted by atomic mass is 10.1. The molecule has 0 fully saturated rings. The van der Waals surface area contributed by atoms with Crippen LogP contribution in [-0.4, -0.2) is 23.5 Å². The molecule has 1 aromatic heterocycles. The van der Waals surface area contributed by atoms with Gasteiger partial charge >= 0.3 is 5.97 Å². The normalized spacial score (nSPS) is 10.4. The molecule has 24 heavy (non-hydrogen) atoms. The van der Waals surface area contributed by atoms with E-state index < -0.39 is 18.5 Å². The summed E-state index contributed by atoms with van der Waals surface area (Å²) in [6, 6.07) is 7.47. The van der Waals surface area contributed by atoms with E-state index in [1.54, 1.807) is 19.9 Å². The lowest BCUT2D eigenvalue weighted by Crippen LogP contribution is -2.22. The minimum Gasteiger partial charge on any atom is -0.452 e. The fourth-order valence-corrected chi connectivity index (χ4v) is 2.66. The maximum absolute atomic E-state index is 12.1. The standard InChI is InChI=1S/C18H19ClN2O3/c1-10-5-6-11(2)14(7-10)21-15(22)9-24-18(23)16-12(3)8-13(4)20-17(16)19/h5-8H,9H2,1-4H3,(H,21,22). The number of hydrogen-bond acceptors (Lipinski definition) is 4. The highest BCUT2D eigenvalue weighted by molar-refractivity contribution is 6.32. The number of hydrogen-bond donors (Lipinski definition) is 1. The maximum atomic E-state index is 12.1. The van der Waals surface area contributed by atoms with E-state index in [9.17, 15) is 9.59 Å². The minimum absolute atomic E-state index is 0.0763. The molecule has 0 radical (unpaired) electrons. The van der Waals surface area contributed by atoms with Gasteiger partial charge in [-0.15, -0.1) is 0 Å². The molecule has 6 heteroatoms. The minimum atomic E-state index is -0.666. The second-order valence-electron chi connectivity index (χ2n) is 5.69. The van der Waals surface area contributed by atoms with Gasteiger partial charge in [0.25, 0.3) is 5.91 Å². The van der Waals surface area contributed by atoms with Crippen molar-refractivity contribution in [2.45, 2.75) is 27.7 Å². The number of rotatable bonds is 4. The van der Waals surface area contributed by atoms with E-state index in [1.165, 1.54) is 0 Å². The van der Waals surface area contributed by atoms with Gasteiger partial charge in [-0.1, -0.05) is 23.7 Å². The van der Waals surface area contributed by atoms with Gasteiger partial charge in [-0.2, -0.15) is 0 Å². The Morgan fingerprint density at radius 3 is 2.50 bits per heavy atom. The van der Waals surface area contributed by atoms with E-state index in [4.69, 9.17) is 16.3 Å². The van der Waals surface area contributed by atoms with Crippen LogP contribution in [0, 0.1) is 27.7 Å². The average molecular weight is 347 g/mol. The number of aromatic nitrogens is 1. The van der Waals surface area contributed by atoms with Crippen LogP contribution >= 0.6 is 11.6 Å². The van der Waals surface area contributed by atoms with Gasteiger partial charge in [0.2, 0.25) is 0 Å². The lowest BCUT2D eigenvalue weighted by molar-refractivity contribution is -0.119. The van der Waals surface area contributed by atoms with Crippen LogP contribution < -0.4 is 5.32 Å². The Morgan fingerprint density at radius 2 is 1.83 bits per heavy atom. The van der Waals surface area contributed by atoms with Crippen LogP contribution in [0.1, 0.15) is 32.7 Å². The molecule has 2 rings (SSSR count). The number of benzene rings is 1. The molecule has 1 aromatic carbocycles. The van der Waals surface area contributed by atoms with Crippen molar-refractivity contribution < 1.29 is 14.3 Å². The zero-order chi connectivity index (χ0) is 17.9. The number of nitrogens with one attached hydrogen (secondary N) is 1. The summed E-state index contributed by atoms with van der Waals surface area (Å²) < 4.78 is 5.06. The highest BCUT2D eigenvalue weighted by Gasteiger charge is 2.18. The van der Waals surface area contributed by atoms with Gasteiger partial charge < -0.3 is 10.1 Å². The summed E-state index contributed by atoms with van der Waals surface area (Å²) in [5.41, 5.74) is 4.21. The molecular weight excluding hydrogens is 328 g/mol. The molecule has 1 amide bonds. The largest absolute Gasteiger partial charge is 0.452 e. The first-order valence-corrected chi connectivity index (χ1v) is 7.83. The third-order valence-electron chi connectivity index (χ3n) is 3.51. The molecule has 126 valence electrons. The van der Waals surface area contributed by atoms with Crippen molar-refractivity contribution in [3.8, 4) is 0 Å². The van der Waals surface area contributed by atoms with Gasteiger partial charge in [0.15, 0.2) is 6.61 Å². The molecule has 0 spiro atoms. The summed E-state index contributed by atoms with van der Waals surface area (Å²) in [5.74, 6) is -1.08. The first-order chi connectivity index (χ1) is 11.3. The van der Waals surface area contributed by atoms with Gasteiger partial charge in [-0.3, -0.25) is 4.79 Å². The third kappa shape index (κ3) is 4.32. The third-order valence-corrected chi connectivity index (χ3v) is 3.78. The van der Waals surface area contributed by atoms with E-state index in [-0.39, 0.29) is 10.7 Å². The summed E-state index contributed by atoms with van der Waals surface area (Å²) in [6.07, 6.45) is 0. The number of amides is 1. The van der Waals surface area contributed by atoms with Crippen LogP contribution in [0.2, 0.25) is 5.15 Å². The Morgan fingerprint density at radius 1 is 1.12 bits per heavy atom. The smallest absolute Gasteiger partial charge is 0.342 e. The molecule has 1 N–H and O–H groups in total. The summed E-state index contributed by atoms with van der Waals surface area (Å²) in [5, 5.41) is 2.81. The number of nitrogens with zero attached hydrogens (tertiary/aromatic N) is 1. The Balaban J connectivity index is 2.02. The predicted octanol–water partition coefficient (Wildman–Crippen LogP) is 3.76. The molecule has 0 saturated heterocycles. The second kappa shape index (κ2) is 7.45. The summed E-state index contributed by atoms with van der Waals surface area (Å²) in [7, 11) is 0. The van der Waals surface area contributed by atoms with Crippen LogP contribution in [0.4, 0.5) is 5.69 Å². The van der Waals surface area contributed by atoms with E-state index in [0.717, 1.165) is 11.1 Å². The van der Waals surface area contributed by atoms with Crippen LogP contribution in [0.5, 0.6) is 0 Å². The van der Waals surface area contributed by atoms with Crippen molar-refractivity contribution in [3.63, 3.8) is 0 Å². The molecule has 0 aliphatic rings. The van der Waals surface area contributed by atoms with E-state index in [0.29, 0.717) is 16.9 Å². The van der Waals surface area contributed by atoms with Gasteiger partial charge in [0.1, 0.15) is 5.15 Å². The summed E-state index contributed by atoms with van der Waals surface area (Å²) in [6.45, 7) is 6.96. The zero-order valence-electron chi connectivity index (χ0n) is 14.1. The van der Waals surface area contributed by atoms with Crippen molar-refractivity contribution in [2.75, 3.05) is 11.9 Å². The predicted molar refractivity (Wildman–Crippen MR) is 93.5 cm³/mol. The molecule has 5 nitrogen and oxygen atoms in total. The van der Waals surface area contributed by atoms with Gasteiger partial charge in [0, 0.05) is 11.4 Å². The van der Waals surface area contributed by atoms with Crippen molar-refractivity contribution in [1.82, 2.24) is 4.98 Å². The maximum Gasteiger partial charge on any atom is 0.342 e. The Hall–Kier alpha value is -2.40. The quantitative estimate of drug-likeness (QED) is 0.676. The first-order valence-electron chi connectivity index (χ1n) is 7.46. The number of esters is 1. The highest BCUT2D eigenvalue weighted by atomic mass is 35.5. The molecule has 2 aromatic rings. The average Bonchev–Trinajstić information content (AvgIpc) is 2.48. The number of carbonyl (C=O) groups is 2. The highest BCUT2D eigenvalue weighted by Crippen LogP contribution is 2.20. The topological polar surface area (TPSA) is 68.3 Å². The fourth-order valence-electron chi connectivity index (χ4n) is 2.30. The van der Waals surface area contributed by atoms with E-state index in [1.807, 2.05) is 32.0 Å². The lowest BCUT2D eigenvalue weighted by Gasteiger charge is -2.11. The number of carbonyl (C=O) groups excluding carboxylic acids is 2. The first kappa shape index (κ1) is 17.9. The Bertz CT molecular complexity index is 780. The second-order valence-corrected chi connectivity index (χ2v) is 6.05. The number of aryl methyl sites for hydroxylation is 4. The molecule has 0 unspecified atom stereocenters. The van der Waals surface area contributed by atoms with E-state index >= 15 is 0 Å². The molecule has 0 saturated carbocycles. The number of anilines is 1. The van der Waals surface area contributed by atoms with Crippen molar-refractivity contribution in [2.24, 2.45) is 0 Å². The SMILES string of the molecule is Cc1ccc(C)c(NC(=O)COC(=O)c2c(C)cc(C)nc2Cl)c1. The van der Waals surface area contributed by atoms with Crippen molar-refractivity contribution in [3.05, 3.63) is 57.4 Å². The molecule has 0 atom stereocenters. The summed E-state index contributed by atoms with van der Waals surface area (Å²) >= 11 is 6.00. The van der Waals surface area contributed by atoms with Gasteiger partial charge in [-0.05, 0) is 56.5 Å². The molecule has 1 heterocycles. The van der Waals surface area contributed by atoms with E-state index in [2.05, 4.69) is 10.3 Å². The Labute approximate surface area is 146 Å².